The van der Waals surface area contributed by atoms with Crippen LogP contribution in [0.1, 0.15) is 23.0 Å². The molecule has 3 aromatic rings. The molecule has 0 unspecified atom stereocenters. The first kappa shape index (κ1) is 19.9. The lowest BCUT2D eigenvalue weighted by Gasteiger charge is -2.18. The Morgan fingerprint density at radius 1 is 1.14 bits per heavy atom. The molecule has 1 heterocycles. The average Bonchev–Trinajstić information content (AvgIpc) is 3.10. The Kier molecular flexibility index (Phi) is 5.96. The van der Waals surface area contributed by atoms with E-state index in [-0.39, 0.29) is 16.6 Å². The summed E-state index contributed by atoms with van der Waals surface area (Å²) in [6.45, 7) is 1.25. The Hall–Kier alpha value is -2.90. The summed E-state index contributed by atoms with van der Waals surface area (Å²) in [6.07, 6.45) is 2.84. The first-order valence-electron chi connectivity index (χ1n) is 8.04. The van der Waals surface area contributed by atoms with Crippen LogP contribution in [-0.2, 0) is 4.79 Å². The van der Waals surface area contributed by atoms with Crippen molar-refractivity contribution in [3.05, 3.63) is 81.8 Å². The highest BCUT2D eigenvalue weighted by molar-refractivity contribution is 7.14. The molecule has 0 spiro atoms. The number of anilines is 2. The van der Waals surface area contributed by atoms with Crippen molar-refractivity contribution in [2.75, 3.05) is 4.90 Å². The van der Waals surface area contributed by atoms with Gasteiger partial charge in [0.15, 0.2) is 10.9 Å². The number of benzene rings is 2. The highest BCUT2D eigenvalue weighted by Gasteiger charge is 2.21. The summed E-state index contributed by atoms with van der Waals surface area (Å²) in [7, 11) is 0. The number of hydrogen-bond donors (Lipinski definition) is 0. The van der Waals surface area contributed by atoms with Crippen LogP contribution in [0.4, 0.5) is 19.6 Å². The maximum atomic E-state index is 14.1. The molecule has 0 radical (unpaired) electrons. The zero-order valence-corrected chi connectivity index (χ0v) is 16.1. The molecule has 4 nitrogen and oxygen atoms in total. The number of halogens is 3. The van der Waals surface area contributed by atoms with Gasteiger partial charge in [0.1, 0.15) is 11.6 Å². The number of ketones is 1. The van der Waals surface area contributed by atoms with Crippen LogP contribution in [0.5, 0.6) is 0 Å². The van der Waals surface area contributed by atoms with Gasteiger partial charge in [0.05, 0.1) is 11.4 Å². The van der Waals surface area contributed by atoms with Crippen LogP contribution in [0.2, 0.25) is 5.02 Å². The molecule has 0 aliphatic carbocycles. The minimum absolute atomic E-state index is 0.101. The highest BCUT2D eigenvalue weighted by Crippen LogP contribution is 2.31. The molecule has 2 aromatic carbocycles. The SMILES string of the molecule is CC(=O)N(c1nc(C=CC(=O)c2ccc(Cl)cc2)cs1)c1ccc(F)cc1F. The minimum Gasteiger partial charge on any atom is -0.289 e. The van der Waals surface area contributed by atoms with Gasteiger partial charge in [0, 0.05) is 29.0 Å². The van der Waals surface area contributed by atoms with Crippen molar-refractivity contribution in [1.82, 2.24) is 4.98 Å². The smallest absolute Gasteiger partial charge is 0.230 e. The van der Waals surface area contributed by atoms with Gasteiger partial charge in [-0.1, -0.05) is 11.6 Å². The fourth-order valence-corrected chi connectivity index (χ4v) is 3.37. The van der Waals surface area contributed by atoms with E-state index in [1.54, 1.807) is 29.6 Å². The molecule has 8 heteroatoms. The molecule has 28 heavy (non-hydrogen) atoms. The molecule has 3 rings (SSSR count). The van der Waals surface area contributed by atoms with Crippen molar-refractivity contribution < 1.29 is 18.4 Å². The number of allylic oxidation sites excluding steroid dienone is 1. The van der Waals surface area contributed by atoms with E-state index in [9.17, 15) is 18.4 Å². The second kappa shape index (κ2) is 8.41. The van der Waals surface area contributed by atoms with E-state index in [0.29, 0.717) is 22.3 Å². The van der Waals surface area contributed by atoms with Crippen molar-refractivity contribution in [2.24, 2.45) is 0 Å². The minimum atomic E-state index is -0.875. The van der Waals surface area contributed by atoms with E-state index in [4.69, 9.17) is 11.6 Å². The summed E-state index contributed by atoms with van der Waals surface area (Å²) in [5.74, 6) is -2.33. The molecule has 0 N–H and O–H groups in total. The topological polar surface area (TPSA) is 50.3 Å². The third kappa shape index (κ3) is 4.49. The largest absolute Gasteiger partial charge is 0.289 e. The molecule has 0 atom stereocenters. The third-order valence-electron chi connectivity index (χ3n) is 3.70. The fourth-order valence-electron chi connectivity index (χ4n) is 2.40. The number of rotatable bonds is 5. The normalized spacial score (nSPS) is 11.0. The molecule has 0 aliphatic rings. The van der Waals surface area contributed by atoms with Crippen LogP contribution in [0, 0.1) is 11.6 Å². The molecule has 0 saturated heterocycles. The van der Waals surface area contributed by atoms with Crippen molar-refractivity contribution >= 4 is 51.5 Å². The Bertz CT molecular complexity index is 1060. The zero-order chi connectivity index (χ0) is 20.3. The van der Waals surface area contributed by atoms with Gasteiger partial charge in [-0.15, -0.1) is 11.3 Å². The number of aromatic nitrogens is 1. The van der Waals surface area contributed by atoms with Crippen LogP contribution >= 0.6 is 22.9 Å². The van der Waals surface area contributed by atoms with Crippen LogP contribution < -0.4 is 4.90 Å². The van der Waals surface area contributed by atoms with E-state index in [1.165, 1.54) is 25.1 Å². The molecule has 0 saturated carbocycles. The lowest BCUT2D eigenvalue weighted by Crippen LogP contribution is -2.23. The van der Waals surface area contributed by atoms with Crippen molar-refractivity contribution in [1.29, 1.82) is 0 Å². The second-order valence-electron chi connectivity index (χ2n) is 5.71. The molecular formula is C20H13ClF2N2O2S. The Balaban J connectivity index is 1.84. The molecule has 0 aliphatic heterocycles. The monoisotopic (exact) mass is 418 g/mol. The van der Waals surface area contributed by atoms with Crippen molar-refractivity contribution in [3.8, 4) is 0 Å². The van der Waals surface area contributed by atoms with Crippen LogP contribution in [0.15, 0.2) is 53.9 Å². The Labute approximate surface area is 168 Å². The average molecular weight is 419 g/mol. The van der Waals surface area contributed by atoms with Crippen LogP contribution in [0.25, 0.3) is 6.08 Å². The number of amides is 1. The van der Waals surface area contributed by atoms with Gasteiger partial charge in [-0.05, 0) is 48.6 Å². The number of thiazole rings is 1. The van der Waals surface area contributed by atoms with Gasteiger partial charge < -0.3 is 0 Å². The molecule has 142 valence electrons. The van der Waals surface area contributed by atoms with Crippen LogP contribution in [0.3, 0.4) is 0 Å². The predicted molar refractivity (Wildman–Crippen MR) is 106 cm³/mol. The maximum Gasteiger partial charge on any atom is 0.230 e. The lowest BCUT2D eigenvalue weighted by atomic mass is 10.1. The summed E-state index contributed by atoms with van der Waals surface area (Å²) in [5, 5.41) is 2.36. The lowest BCUT2D eigenvalue weighted by molar-refractivity contribution is -0.115. The quantitative estimate of drug-likeness (QED) is 0.397. The van der Waals surface area contributed by atoms with Crippen molar-refractivity contribution in [3.63, 3.8) is 0 Å². The molecule has 0 fully saturated rings. The first-order valence-corrected chi connectivity index (χ1v) is 9.30. The van der Waals surface area contributed by atoms with Crippen LogP contribution in [-0.4, -0.2) is 16.7 Å². The van der Waals surface area contributed by atoms with Gasteiger partial charge in [-0.2, -0.15) is 0 Å². The zero-order valence-electron chi connectivity index (χ0n) is 14.5. The summed E-state index contributed by atoms with van der Waals surface area (Å²) < 4.78 is 27.3. The molecular weight excluding hydrogens is 406 g/mol. The molecule has 1 amide bonds. The number of carbonyl (C=O) groups is 2. The van der Waals surface area contributed by atoms with E-state index >= 15 is 0 Å². The van der Waals surface area contributed by atoms with E-state index in [1.807, 2.05) is 0 Å². The van der Waals surface area contributed by atoms with Gasteiger partial charge in [-0.3, -0.25) is 14.5 Å². The van der Waals surface area contributed by atoms with Gasteiger partial charge in [0.25, 0.3) is 0 Å². The highest BCUT2D eigenvalue weighted by atomic mass is 35.5. The Morgan fingerprint density at radius 3 is 2.50 bits per heavy atom. The summed E-state index contributed by atoms with van der Waals surface area (Å²) in [4.78, 5) is 29.5. The predicted octanol–water partition coefficient (Wildman–Crippen LogP) is 5.66. The molecule has 0 bridgehead atoms. The number of nitrogens with zero attached hydrogens (tertiary/aromatic N) is 2. The Morgan fingerprint density at radius 2 is 1.86 bits per heavy atom. The fraction of sp³-hybridized carbons (Fsp3) is 0.0500. The van der Waals surface area contributed by atoms with Gasteiger partial charge >= 0.3 is 0 Å². The van der Waals surface area contributed by atoms with E-state index in [0.717, 1.165) is 22.3 Å². The second-order valence-corrected chi connectivity index (χ2v) is 6.98. The number of hydrogen-bond acceptors (Lipinski definition) is 4. The summed E-state index contributed by atoms with van der Waals surface area (Å²) in [6, 6.07) is 9.38. The first-order chi connectivity index (χ1) is 13.3. The van der Waals surface area contributed by atoms with Gasteiger partial charge in [-0.25, -0.2) is 13.8 Å². The molecule has 1 aromatic heterocycles. The third-order valence-corrected chi connectivity index (χ3v) is 4.80. The maximum absolute atomic E-state index is 14.1. The van der Waals surface area contributed by atoms with E-state index in [2.05, 4.69) is 4.98 Å². The standard InChI is InChI=1S/C20H13ClF2N2O2S/c1-12(26)25(18-8-6-15(22)10-17(18)23)20-24-16(11-28-20)7-9-19(27)13-2-4-14(21)5-3-13/h2-11H,1H3. The number of carbonyl (C=O) groups excluding carboxylic acids is 2. The summed E-state index contributed by atoms with van der Waals surface area (Å²) >= 11 is 6.90. The summed E-state index contributed by atoms with van der Waals surface area (Å²) in [5.41, 5.74) is 0.793. The van der Waals surface area contributed by atoms with E-state index < -0.39 is 17.5 Å². The van der Waals surface area contributed by atoms with Crippen molar-refractivity contribution in [2.45, 2.75) is 6.92 Å². The van der Waals surface area contributed by atoms with Gasteiger partial charge in [0.2, 0.25) is 5.91 Å².